The molecule has 0 aromatic heterocycles. The van der Waals surface area contributed by atoms with Crippen molar-refractivity contribution in [3.63, 3.8) is 0 Å². The highest BCUT2D eigenvalue weighted by molar-refractivity contribution is 5.60. The van der Waals surface area contributed by atoms with Crippen molar-refractivity contribution in [1.82, 2.24) is 5.32 Å². The van der Waals surface area contributed by atoms with Gasteiger partial charge in [0.2, 0.25) is 0 Å². The predicted octanol–water partition coefficient (Wildman–Crippen LogP) is 0.875. The number of nitrogens with two attached hydrogens (primary N) is 1. The molecule has 5 nitrogen and oxygen atoms in total. The lowest BCUT2D eigenvalue weighted by molar-refractivity contribution is -0.0228. The fraction of sp³-hybridized carbons (Fsp3) is 0.900. The Labute approximate surface area is 91.3 Å². The van der Waals surface area contributed by atoms with Crippen LogP contribution in [0.4, 0.5) is 4.79 Å². The van der Waals surface area contributed by atoms with Crippen LogP contribution in [0.1, 0.15) is 27.2 Å². The Balaban J connectivity index is 0.000000921. The SMILES string of the molecule is CC(C)(C)OC(=O)OC1CCNC1.CN. The molecule has 1 atom stereocenters. The van der Waals surface area contributed by atoms with E-state index in [-0.39, 0.29) is 6.10 Å². The lowest BCUT2D eigenvalue weighted by Gasteiger charge is -2.20. The molecule has 0 amide bonds. The third-order valence-electron chi connectivity index (χ3n) is 1.67. The lowest BCUT2D eigenvalue weighted by atomic mass is 10.2. The van der Waals surface area contributed by atoms with Gasteiger partial charge >= 0.3 is 6.16 Å². The van der Waals surface area contributed by atoms with Crippen molar-refractivity contribution in [2.75, 3.05) is 20.1 Å². The summed E-state index contributed by atoms with van der Waals surface area (Å²) < 4.78 is 10.1. The van der Waals surface area contributed by atoms with Gasteiger partial charge in [-0.15, -0.1) is 0 Å². The molecule has 0 saturated carbocycles. The molecular weight excluding hydrogens is 196 g/mol. The van der Waals surface area contributed by atoms with Crippen LogP contribution in [0.5, 0.6) is 0 Å². The first-order valence-corrected chi connectivity index (χ1v) is 5.15. The normalized spacial score (nSPS) is 20.2. The standard InChI is InChI=1S/C9H17NO3.CH5N/c1-9(2,3)13-8(11)12-7-4-5-10-6-7;1-2/h7,10H,4-6H2,1-3H3;2H2,1H3. The molecule has 1 rings (SSSR count). The Morgan fingerprint density at radius 1 is 1.40 bits per heavy atom. The maximum Gasteiger partial charge on any atom is 0.509 e. The monoisotopic (exact) mass is 218 g/mol. The quantitative estimate of drug-likeness (QED) is 0.639. The Bertz CT molecular complexity index is 184. The van der Waals surface area contributed by atoms with Gasteiger partial charge in [-0.1, -0.05) is 0 Å². The summed E-state index contributed by atoms with van der Waals surface area (Å²) in [5, 5.41) is 3.11. The van der Waals surface area contributed by atoms with E-state index in [9.17, 15) is 4.79 Å². The van der Waals surface area contributed by atoms with Crippen LogP contribution in [-0.2, 0) is 9.47 Å². The van der Waals surface area contributed by atoms with Gasteiger partial charge in [-0.25, -0.2) is 4.79 Å². The molecule has 5 heteroatoms. The summed E-state index contributed by atoms with van der Waals surface area (Å²) in [4.78, 5) is 11.1. The molecule has 0 spiro atoms. The van der Waals surface area contributed by atoms with Gasteiger partial charge in [0.15, 0.2) is 0 Å². The summed E-state index contributed by atoms with van der Waals surface area (Å²) in [5.74, 6) is 0. The summed E-state index contributed by atoms with van der Waals surface area (Å²) >= 11 is 0. The number of carbonyl (C=O) groups is 1. The molecule has 0 aromatic rings. The minimum atomic E-state index is -0.568. The molecule has 1 aliphatic heterocycles. The van der Waals surface area contributed by atoms with E-state index in [2.05, 4.69) is 11.1 Å². The molecule has 0 bridgehead atoms. The van der Waals surface area contributed by atoms with Gasteiger partial charge in [0.1, 0.15) is 11.7 Å². The molecule has 0 radical (unpaired) electrons. The summed E-state index contributed by atoms with van der Waals surface area (Å²) in [6.45, 7) is 7.11. The number of hydrogen-bond acceptors (Lipinski definition) is 5. The van der Waals surface area contributed by atoms with Gasteiger partial charge < -0.3 is 20.5 Å². The minimum absolute atomic E-state index is 0.0187. The summed E-state index contributed by atoms with van der Waals surface area (Å²) in [6.07, 6.45) is 0.287. The highest BCUT2D eigenvalue weighted by Crippen LogP contribution is 2.11. The molecular formula is C10H22N2O3. The van der Waals surface area contributed by atoms with Crippen LogP contribution in [0.3, 0.4) is 0 Å². The summed E-state index contributed by atoms with van der Waals surface area (Å²) in [5.41, 5.74) is 4.03. The molecule has 1 unspecified atom stereocenters. The average molecular weight is 218 g/mol. The van der Waals surface area contributed by atoms with Crippen LogP contribution in [0.2, 0.25) is 0 Å². The zero-order valence-electron chi connectivity index (χ0n) is 10.0. The van der Waals surface area contributed by atoms with Crippen molar-refractivity contribution >= 4 is 6.16 Å². The lowest BCUT2D eigenvalue weighted by Crippen LogP contribution is -2.28. The van der Waals surface area contributed by atoms with Crippen LogP contribution in [0, 0.1) is 0 Å². The van der Waals surface area contributed by atoms with E-state index in [1.807, 2.05) is 20.8 Å². The minimum Gasteiger partial charge on any atom is -0.430 e. The second-order valence-corrected chi connectivity index (χ2v) is 4.20. The van der Waals surface area contributed by atoms with Crippen molar-refractivity contribution in [2.24, 2.45) is 5.73 Å². The molecule has 0 aromatic carbocycles. The van der Waals surface area contributed by atoms with Gasteiger partial charge in [0, 0.05) is 6.54 Å². The highest BCUT2D eigenvalue weighted by atomic mass is 16.7. The van der Waals surface area contributed by atoms with E-state index in [0.717, 1.165) is 19.5 Å². The molecule has 0 aliphatic carbocycles. The maximum absolute atomic E-state index is 11.1. The Kier molecular flexibility index (Phi) is 6.27. The molecule has 1 heterocycles. The van der Waals surface area contributed by atoms with E-state index in [0.29, 0.717) is 0 Å². The number of ether oxygens (including phenoxy) is 2. The molecule has 1 saturated heterocycles. The van der Waals surface area contributed by atoms with Gasteiger partial charge in [-0.2, -0.15) is 0 Å². The zero-order chi connectivity index (χ0) is 11.9. The van der Waals surface area contributed by atoms with E-state index < -0.39 is 11.8 Å². The second-order valence-electron chi connectivity index (χ2n) is 4.20. The highest BCUT2D eigenvalue weighted by Gasteiger charge is 2.23. The number of rotatable bonds is 1. The fourth-order valence-corrected chi connectivity index (χ4v) is 1.14. The topological polar surface area (TPSA) is 73.6 Å². The molecule has 90 valence electrons. The zero-order valence-corrected chi connectivity index (χ0v) is 10.0. The molecule has 3 N–H and O–H groups in total. The molecule has 1 fully saturated rings. The second kappa shape index (κ2) is 6.63. The third kappa shape index (κ3) is 7.16. The summed E-state index contributed by atoms with van der Waals surface area (Å²) in [6, 6.07) is 0. The summed E-state index contributed by atoms with van der Waals surface area (Å²) in [7, 11) is 1.50. The Morgan fingerprint density at radius 3 is 2.40 bits per heavy atom. The molecule has 15 heavy (non-hydrogen) atoms. The fourth-order valence-electron chi connectivity index (χ4n) is 1.14. The van der Waals surface area contributed by atoms with Crippen molar-refractivity contribution in [3.05, 3.63) is 0 Å². The van der Waals surface area contributed by atoms with E-state index in [1.54, 1.807) is 0 Å². The first-order chi connectivity index (χ1) is 6.97. The van der Waals surface area contributed by atoms with E-state index in [4.69, 9.17) is 9.47 Å². The van der Waals surface area contributed by atoms with Crippen LogP contribution in [0.15, 0.2) is 0 Å². The van der Waals surface area contributed by atoms with Crippen LogP contribution >= 0.6 is 0 Å². The van der Waals surface area contributed by atoms with Crippen molar-refractivity contribution < 1.29 is 14.3 Å². The van der Waals surface area contributed by atoms with Gasteiger partial charge in [0.25, 0.3) is 0 Å². The number of hydrogen-bond donors (Lipinski definition) is 2. The van der Waals surface area contributed by atoms with Crippen molar-refractivity contribution in [3.8, 4) is 0 Å². The Morgan fingerprint density at radius 2 is 2.00 bits per heavy atom. The largest absolute Gasteiger partial charge is 0.509 e. The van der Waals surface area contributed by atoms with Gasteiger partial charge in [-0.05, 0) is 40.8 Å². The predicted molar refractivity (Wildman–Crippen MR) is 58.7 cm³/mol. The van der Waals surface area contributed by atoms with Gasteiger partial charge in [0.05, 0.1) is 0 Å². The van der Waals surface area contributed by atoms with Crippen molar-refractivity contribution in [2.45, 2.75) is 38.9 Å². The third-order valence-corrected chi connectivity index (χ3v) is 1.67. The van der Waals surface area contributed by atoms with Crippen molar-refractivity contribution in [1.29, 1.82) is 0 Å². The number of nitrogens with one attached hydrogen (secondary N) is 1. The first-order valence-electron chi connectivity index (χ1n) is 5.15. The van der Waals surface area contributed by atoms with Crippen LogP contribution < -0.4 is 11.1 Å². The van der Waals surface area contributed by atoms with Crippen LogP contribution in [0.25, 0.3) is 0 Å². The Hall–Kier alpha value is -0.810. The van der Waals surface area contributed by atoms with Crippen LogP contribution in [-0.4, -0.2) is 38.0 Å². The van der Waals surface area contributed by atoms with Gasteiger partial charge in [-0.3, -0.25) is 0 Å². The average Bonchev–Trinajstić information content (AvgIpc) is 2.57. The molecule has 1 aliphatic rings. The van der Waals surface area contributed by atoms with E-state index in [1.165, 1.54) is 7.05 Å². The smallest absolute Gasteiger partial charge is 0.430 e. The van der Waals surface area contributed by atoms with E-state index >= 15 is 0 Å². The number of carbonyl (C=O) groups excluding carboxylic acids is 1. The maximum atomic E-state index is 11.1. The first kappa shape index (κ1) is 14.2.